The summed E-state index contributed by atoms with van der Waals surface area (Å²) in [7, 11) is -1.21. The standard InChI is InChI=1S/C11H20OSi/c1-11(2,3)10-9(12-10)7-8-13(4,5)6/h9-10H,1-6H3/t9-,10+/m1/s1. The molecule has 0 spiro atoms. The Labute approximate surface area is 82.9 Å². The van der Waals surface area contributed by atoms with Gasteiger partial charge in [0.2, 0.25) is 0 Å². The van der Waals surface area contributed by atoms with Gasteiger partial charge in [0, 0.05) is 0 Å². The molecule has 13 heavy (non-hydrogen) atoms. The van der Waals surface area contributed by atoms with E-state index in [1.54, 1.807) is 0 Å². The number of hydrogen-bond acceptors (Lipinski definition) is 1. The summed E-state index contributed by atoms with van der Waals surface area (Å²) in [6, 6.07) is 0. The second kappa shape index (κ2) is 3.15. The molecule has 0 unspecified atom stereocenters. The van der Waals surface area contributed by atoms with Crippen LogP contribution in [0.5, 0.6) is 0 Å². The highest BCUT2D eigenvalue weighted by Crippen LogP contribution is 2.37. The van der Waals surface area contributed by atoms with Crippen LogP contribution in [0.3, 0.4) is 0 Å². The highest BCUT2D eigenvalue weighted by Gasteiger charge is 2.46. The Bertz CT molecular complexity index is 246. The molecule has 1 rings (SSSR count). The first kappa shape index (κ1) is 10.8. The van der Waals surface area contributed by atoms with E-state index < -0.39 is 8.07 Å². The summed E-state index contributed by atoms with van der Waals surface area (Å²) in [5.41, 5.74) is 3.60. The molecular weight excluding hydrogens is 176 g/mol. The van der Waals surface area contributed by atoms with Crippen LogP contribution in [0.1, 0.15) is 20.8 Å². The molecule has 0 saturated carbocycles. The van der Waals surface area contributed by atoms with E-state index in [9.17, 15) is 0 Å². The highest BCUT2D eigenvalue weighted by atomic mass is 28.3. The average molecular weight is 196 g/mol. The zero-order chi connectivity index (χ0) is 10.3. The van der Waals surface area contributed by atoms with Gasteiger partial charge in [-0.15, -0.1) is 5.54 Å². The molecule has 74 valence electrons. The van der Waals surface area contributed by atoms with Crippen molar-refractivity contribution in [3.63, 3.8) is 0 Å². The molecular formula is C11H20OSi. The van der Waals surface area contributed by atoms with E-state index >= 15 is 0 Å². The topological polar surface area (TPSA) is 12.5 Å². The fourth-order valence-electron chi connectivity index (χ4n) is 1.17. The molecule has 0 aromatic heterocycles. The SMILES string of the molecule is CC(C)(C)[C@H]1O[C@@H]1C#C[Si](C)(C)C. The molecule has 2 heteroatoms. The van der Waals surface area contributed by atoms with E-state index in [-0.39, 0.29) is 11.5 Å². The molecule has 1 nitrogen and oxygen atoms in total. The summed E-state index contributed by atoms with van der Waals surface area (Å²) < 4.78 is 5.53. The third-order valence-corrected chi connectivity index (χ3v) is 2.83. The van der Waals surface area contributed by atoms with Crippen molar-refractivity contribution < 1.29 is 4.74 Å². The molecule has 1 aliphatic heterocycles. The first-order chi connectivity index (χ1) is 5.70. The summed E-state index contributed by atoms with van der Waals surface area (Å²) >= 11 is 0. The predicted octanol–water partition coefficient (Wildman–Crippen LogP) is 2.68. The first-order valence-electron chi connectivity index (χ1n) is 4.88. The van der Waals surface area contributed by atoms with Crippen LogP contribution >= 0.6 is 0 Å². The summed E-state index contributed by atoms with van der Waals surface area (Å²) in [5, 5.41) is 0. The third kappa shape index (κ3) is 3.54. The van der Waals surface area contributed by atoms with Gasteiger partial charge in [-0.25, -0.2) is 0 Å². The van der Waals surface area contributed by atoms with Gasteiger partial charge in [-0.2, -0.15) is 0 Å². The fraction of sp³-hybridized carbons (Fsp3) is 0.818. The second-order valence-electron chi connectivity index (χ2n) is 5.86. The van der Waals surface area contributed by atoms with Crippen LogP contribution in [0.25, 0.3) is 0 Å². The lowest BCUT2D eigenvalue weighted by molar-refractivity contribution is 0.264. The fourth-order valence-corrected chi connectivity index (χ4v) is 1.74. The van der Waals surface area contributed by atoms with Crippen molar-refractivity contribution in [2.75, 3.05) is 0 Å². The van der Waals surface area contributed by atoms with Crippen molar-refractivity contribution in [1.82, 2.24) is 0 Å². The maximum absolute atomic E-state index is 5.53. The zero-order valence-electron chi connectivity index (χ0n) is 9.56. The molecule has 0 aromatic rings. The van der Waals surface area contributed by atoms with E-state index in [1.807, 2.05) is 0 Å². The van der Waals surface area contributed by atoms with Crippen LogP contribution in [-0.4, -0.2) is 20.3 Å². The smallest absolute Gasteiger partial charge is 0.144 e. The van der Waals surface area contributed by atoms with Crippen LogP contribution in [0, 0.1) is 16.9 Å². The lowest BCUT2D eigenvalue weighted by atomic mass is 9.90. The van der Waals surface area contributed by atoms with Crippen molar-refractivity contribution in [2.45, 2.75) is 52.6 Å². The van der Waals surface area contributed by atoms with Crippen LogP contribution in [0.2, 0.25) is 19.6 Å². The van der Waals surface area contributed by atoms with Crippen LogP contribution < -0.4 is 0 Å². The largest absolute Gasteiger partial charge is 0.355 e. The third-order valence-electron chi connectivity index (χ3n) is 1.93. The molecule has 1 saturated heterocycles. The molecule has 0 aromatic carbocycles. The molecule has 0 aliphatic carbocycles. The highest BCUT2D eigenvalue weighted by molar-refractivity contribution is 6.83. The summed E-state index contributed by atoms with van der Waals surface area (Å²) in [6.07, 6.45) is 0.572. The van der Waals surface area contributed by atoms with E-state index in [2.05, 4.69) is 51.9 Å². The van der Waals surface area contributed by atoms with Gasteiger partial charge >= 0.3 is 0 Å². The Morgan fingerprint density at radius 3 is 2.00 bits per heavy atom. The van der Waals surface area contributed by atoms with Crippen molar-refractivity contribution in [3.8, 4) is 11.5 Å². The van der Waals surface area contributed by atoms with Crippen LogP contribution in [0.4, 0.5) is 0 Å². The van der Waals surface area contributed by atoms with Crippen molar-refractivity contribution in [3.05, 3.63) is 0 Å². The maximum atomic E-state index is 5.53. The number of rotatable bonds is 0. The number of epoxide rings is 1. The first-order valence-corrected chi connectivity index (χ1v) is 8.38. The van der Waals surface area contributed by atoms with Gasteiger partial charge in [0.25, 0.3) is 0 Å². The molecule has 1 heterocycles. The van der Waals surface area contributed by atoms with Gasteiger partial charge in [0.1, 0.15) is 20.3 Å². The summed E-state index contributed by atoms with van der Waals surface area (Å²) in [6.45, 7) is 13.4. The second-order valence-corrected chi connectivity index (χ2v) is 10.6. The van der Waals surface area contributed by atoms with Crippen molar-refractivity contribution in [2.24, 2.45) is 5.41 Å². The molecule has 0 bridgehead atoms. The van der Waals surface area contributed by atoms with Gasteiger partial charge in [-0.1, -0.05) is 46.3 Å². The van der Waals surface area contributed by atoms with Gasteiger partial charge in [0.15, 0.2) is 0 Å². The lowest BCUT2D eigenvalue weighted by Gasteiger charge is -2.13. The molecule has 1 fully saturated rings. The van der Waals surface area contributed by atoms with Gasteiger partial charge in [-0.05, 0) is 5.41 Å². The average Bonchev–Trinajstić information content (AvgIpc) is 2.57. The molecule has 2 atom stereocenters. The molecule has 1 aliphatic rings. The number of hydrogen-bond donors (Lipinski definition) is 0. The van der Waals surface area contributed by atoms with Gasteiger partial charge < -0.3 is 4.74 Å². The Morgan fingerprint density at radius 2 is 1.69 bits per heavy atom. The molecule has 0 N–H and O–H groups in total. The number of ether oxygens (including phenoxy) is 1. The summed E-state index contributed by atoms with van der Waals surface area (Å²) in [5.74, 6) is 3.24. The molecule has 0 radical (unpaired) electrons. The van der Waals surface area contributed by atoms with Crippen LogP contribution in [0.15, 0.2) is 0 Å². The Morgan fingerprint density at radius 1 is 1.15 bits per heavy atom. The maximum Gasteiger partial charge on any atom is 0.144 e. The van der Waals surface area contributed by atoms with Crippen LogP contribution in [-0.2, 0) is 4.74 Å². The normalized spacial score (nSPS) is 27.8. The predicted molar refractivity (Wildman–Crippen MR) is 59.2 cm³/mol. The van der Waals surface area contributed by atoms with E-state index in [4.69, 9.17) is 4.74 Å². The van der Waals surface area contributed by atoms with E-state index in [1.165, 1.54) is 0 Å². The van der Waals surface area contributed by atoms with Crippen molar-refractivity contribution in [1.29, 1.82) is 0 Å². The van der Waals surface area contributed by atoms with E-state index in [0.717, 1.165) is 0 Å². The minimum Gasteiger partial charge on any atom is -0.355 e. The lowest BCUT2D eigenvalue weighted by Crippen LogP contribution is -2.18. The van der Waals surface area contributed by atoms with Gasteiger partial charge in [0.05, 0.1) is 0 Å². The van der Waals surface area contributed by atoms with Gasteiger partial charge in [-0.3, -0.25) is 0 Å². The summed E-state index contributed by atoms with van der Waals surface area (Å²) in [4.78, 5) is 0. The monoisotopic (exact) mass is 196 g/mol. The quantitative estimate of drug-likeness (QED) is 0.330. The Hall–Kier alpha value is -0.263. The Balaban J connectivity index is 2.48. The van der Waals surface area contributed by atoms with Crippen molar-refractivity contribution >= 4 is 8.07 Å². The molecule has 0 amide bonds. The van der Waals surface area contributed by atoms with E-state index in [0.29, 0.717) is 6.10 Å². The minimum absolute atomic E-state index is 0.215. The minimum atomic E-state index is -1.21. The zero-order valence-corrected chi connectivity index (χ0v) is 10.6. The Kier molecular flexibility index (Phi) is 2.62.